The molecular weight excluding hydrogens is 226 g/mol. The minimum Gasteiger partial charge on any atom is -0.379 e. The van der Waals surface area contributed by atoms with Gasteiger partial charge in [0, 0.05) is 19.5 Å². The Kier molecular flexibility index (Phi) is 5.69. The van der Waals surface area contributed by atoms with Gasteiger partial charge in [-0.15, -0.1) is 0 Å². The first-order valence-corrected chi connectivity index (χ1v) is 6.55. The van der Waals surface area contributed by atoms with Crippen LogP contribution in [0.3, 0.4) is 0 Å². The lowest BCUT2D eigenvalue weighted by Crippen LogP contribution is -2.28. The van der Waals surface area contributed by atoms with Gasteiger partial charge in [0.15, 0.2) is 0 Å². The topological polar surface area (TPSA) is 47.0 Å². The number of hydrogen-bond donors (Lipinski definition) is 1. The lowest BCUT2D eigenvalue weighted by molar-refractivity contribution is 0.0115. The predicted octanol–water partition coefficient (Wildman–Crippen LogP) is 2.64. The SMILES string of the molecule is CCNC(CCC(C)(C)OC)c1ncc(C)cn1. The summed E-state index contributed by atoms with van der Waals surface area (Å²) in [5.74, 6) is 0.870. The summed E-state index contributed by atoms with van der Waals surface area (Å²) in [5, 5.41) is 3.43. The molecule has 0 spiro atoms. The molecule has 18 heavy (non-hydrogen) atoms. The quantitative estimate of drug-likeness (QED) is 0.809. The summed E-state index contributed by atoms with van der Waals surface area (Å²) in [7, 11) is 1.75. The fourth-order valence-electron chi connectivity index (χ4n) is 1.75. The van der Waals surface area contributed by atoms with Crippen molar-refractivity contribution in [3.63, 3.8) is 0 Å². The van der Waals surface area contributed by atoms with Crippen molar-refractivity contribution in [3.8, 4) is 0 Å². The molecule has 102 valence electrons. The highest BCUT2D eigenvalue weighted by Crippen LogP contribution is 2.22. The molecule has 1 rings (SSSR count). The Morgan fingerprint density at radius 3 is 2.44 bits per heavy atom. The standard InChI is InChI=1S/C14H25N3O/c1-6-15-12(7-8-14(3,4)18-5)13-16-9-11(2)10-17-13/h9-10,12,15H,6-8H2,1-5H3. The van der Waals surface area contributed by atoms with E-state index in [9.17, 15) is 0 Å². The number of nitrogens with one attached hydrogen (secondary N) is 1. The zero-order valence-corrected chi connectivity index (χ0v) is 12.2. The molecule has 1 heterocycles. The predicted molar refractivity (Wildman–Crippen MR) is 73.5 cm³/mol. The highest BCUT2D eigenvalue weighted by molar-refractivity contribution is 5.04. The molecule has 0 fully saturated rings. The summed E-state index contributed by atoms with van der Waals surface area (Å²) in [5.41, 5.74) is 0.990. The average molecular weight is 251 g/mol. The van der Waals surface area contributed by atoms with E-state index < -0.39 is 0 Å². The first kappa shape index (κ1) is 15.1. The molecule has 1 aromatic heterocycles. The molecule has 0 amide bonds. The van der Waals surface area contributed by atoms with Crippen molar-refractivity contribution in [1.82, 2.24) is 15.3 Å². The van der Waals surface area contributed by atoms with Gasteiger partial charge in [0.25, 0.3) is 0 Å². The molecular formula is C14H25N3O. The molecule has 0 aliphatic rings. The zero-order valence-electron chi connectivity index (χ0n) is 12.2. The Bertz CT molecular complexity index is 349. The minimum atomic E-state index is -0.0988. The van der Waals surface area contributed by atoms with Gasteiger partial charge in [-0.1, -0.05) is 6.92 Å². The second-order valence-electron chi connectivity index (χ2n) is 5.23. The van der Waals surface area contributed by atoms with Gasteiger partial charge >= 0.3 is 0 Å². The van der Waals surface area contributed by atoms with E-state index in [4.69, 9.17) is 4.74 Å². The molecule has 0 aliphatic heterocycles. The lowest BCUT2D eigenvalue weighted by atomic mass is 9.98. The molecule has 4 nitrogen and oxygen atoms in total. The van der Waals surface area contributed by atoms with E-state index in [1.54, 1.807) is 7.11 Å². The summed E-state index contributed by atoms with van der Waals surface area (Å²) in [4.78, 5) is 8.82. The van der Waals surface area contributed by atoms with E-state index in [1.165, 1.54) is 0 Å². The molecule has 0 aliphatic carbocycles. The zero-order chi connectivity index (χ0) is 13.6. The third-order valence-corrected chi connectivity index (χ3v) is 3.15. The van der Waals surface area contributed by atoms with Crippen LogP contribution < -0.4 is 5.32 Å². The molecule has 1 unspecified atom stereocenters. The van der Waals surface area contributed by atoms with Crippen LogP contribution in [0.1, 0.15) is 51.0 Å². The number of hydrogen-bond acceptors (Lipinski definition) is 4. The minimum absolute atomic E-state index is 0.0988. The molecule has 0 radical (unpaired) electrons. The maximum absolute atomic E-state index is 5.45. The monoisotopic (exact) mass is 251 g/mol. The number of methoxy groups -OCH3 is 1. The maximum atomic E-state index is 5.45. The van der Waals surface area contributed by atoms with E-state index in [1.807, 2.05) is 19.3 Å². The highest BCUT2D eigenvalue weighted by atomic mass is 16.5. The van der Waals surface area contributed by atoms with E-state index in [2.05, 4.69) is 36.1 Å². The van der Waals surface area contributed by atoms with Gasteiger partial charge in [-0.25, -0.2) is 9.97 Å². The van der Waals surface area contributed by atoms with Crippen LogP contribution in [0.2, 0.25) is 0 Å². The summed E-state index contributed by atoms with van der Waals surface area (Å²) < 4.78 is 5.45. The molecule has 1 aromatic rings. The van der Waals surface area contributed by atoms with Gasteiger partial charge in [-0.05, 0) is 45.7 Å². The first-order valence-electron chi connectivity index (χ1n) is 6.55. The first-order chi connectivity index (χ1) is 8.48. The van der Waals surface area contributed by atoms with Crippen molar-refractivity contribution in [2.75, 3.05) is 13.7 Å². The van der Waals surface area contributed by atoms with Gasteiger partial charge in [0.05, 0.1) is 11.6 Å². The van der Waals surface area contributed by atoms with Gasteiger partial charge in [0.2, 0.25) is 0 Å². The second kappa shape index (κ2) is 6.81. The number of ether oxygens (including phenoxy) is 1. The summed E-state index contributed by atoms with van der Waals surface area (Å²) in [6.45, 7) is 9.22. The van der Waals surface area contributed by atoms with Crippen molar-refractivity contribution in [1.29, 1.82) is 0 Å². The molecule has 0 bridgehead atoms. The van der Waals surface area contributed by atoms with Gasteiger partial charge in [-0.3, -0.25) is 0 Å². The third-order valence-electron chi connectivity index (χ3n) is 3.15. The van der Waals surface area contributed by atoms with E-state index in [-0.39, 0.29) is 11.6 Å². The summed E-state index contributed by atoms with van der Waals surface area (Å²) in [6.07, 6.45) is 5.68. The molecule has 0 aromatic carbocycles. The maximum Gasteiger partial charge on any atom is 0.145 e. The van der Waals surface area contributed by atoms with Crippen LogP contribution in [0.5, 0.6) is 0 Å². The van der Waals surface area contributed by atoms with Crippen molar-refractivity contribution in [3.05, 3.63) is 23.8 Å². The van der Waals surface area contributed by atoms with Crippen LogP contribution in [0, 0.1) is 6.92 Å². The number of aryl methyl sites for hydroxylation is 1. The Balaban J connectivity index is 2.68. The average Bonchev–Trinajstić information content (AvgIpc) is 2.36. The Morgan fingerprint density at radius 1 is 1.33 bits per heavy atom. The van der Waals surface area contributed by atoms with Gasteiger partial charge < -0.3 is 10.1 Å². The fourth-order valence-corrected chi connectivity index (χ4v) is 1.75. The smallest absolute Gasteiger partial charge is 0.145 e. The van der Waals surface area contributed by atoms with Crippen molar-refractivity contribution < 1.29 is 4.74 Å². The lowest BCUT2D eigenvalue weighted by Gasteiger charge is -2.25. The highest BCUT2D eigenvalue weighted by Gasteiger charge is 2.21. The Labute approximate surface area is 110 Å². The van der Waals surface area contributed by atoms with Crippen LogP contribution >= 0.6 is 0 Å². The van der Waals surface area contributed by atoms with Crippen molar-refractivity contribution >= 4 is 0 Å². The summed E-state index contributed by atoms with van der Waals surface area (Å²) in [6, 6.07) is 0.199. The molecule has 4 heteroatoms. The van der Waals surface area contributed by atoms with Crippen LogP contribution in [0.4, 0.5) is 0 Å². The van der Waals surface area contributed by atoms with Crippen molar-refractivity contribution in [2.24, 2.45) is 0 Å². The molecule has 0 saturated heterocycles. The second-order valence-corrected chi connectivity index (χ2v) is 5.23. The largest absolute Gasteiger partial charge is 0.379 e. The number of aromatic nitrogens is 2. The molecule has 0 saturated carbocycles. The van der Waals surface area contributed by atoms with Crippen LogP contribution in [0.15, 0.2) is 12.4 Å². The van der Waals surface area contributed by atoms with Gasteiger partial charge in [0.1, 0.15) is 5.82 Å². The van der Waals surface area contributed by atoms with Crippen LogP contribution in [-0.4, -0.2) is 29.2 Å². The van der Waals surface area contributed by atoms with Gasteiger partial charge in [-0.2, -0.15) is 0 Å². The van der Waals surface area contributed by atoms with E-state index in [0.717, 1.165) is 30.8 Å². The molecule has 1 atom stereocenters. The van der Waals surface area contributed by atoms with Crippen LogP contribution in [0.25, 0.3) is 0 Å². The van der Waals surface area contributed by atoms with E-state index in [0.29, 0.717) is 0 Å². The van der Waals surface area contributed by atoms with E-state index >= 15 is 0 Å². The van der Waals surface area contributed by atoms with Crippen molar-refractivity contribution in [2.45, 2.75) is 52.2 Å². The Morgan fingerprint density at radius 2 is 1.94 bits per heavy atom. The number of nitrogens with zero attached hydrogens (tertiary/aromatic N) is 2. The fraction of sp³-hybridized carbons (Fsp3) is 0.714. The number of rotatable bonds is 7. The summed E-state index contributed by atoms with van der Waals surface area (Å²) >= 11 is 0. The Hall–Kier alpha value is -1.00. The third kappa shape index (κ3) is 4.70. The van der Waals surface area contributed by atoms with Crippen LogP contribution in [-0.2, 0) is 4.74 Å². The normalized spacial score (nSPS) is 13.6. The molecule has 1 N–H and O–H groups in total.